The molecule has 1 unspecified atom stereocenters. The van der Waals surface area contributed by atoms with Gasteiger partial charge in [0, 0.05) is 29.5 Å². The molecule has 1 aliphatic carbocycles. The van der Waals surface area contributed by atoms with E-state index in [9.17, 15) is 30.6 Å². The van der Waals surface area contributed by atoms with E-state index in [4.69, 9.17) is 0 Å². The van der Waals surface area contributed by atoms with E-state index in [1.165, 1.54) is 30.3 Å². The Morgan fingerprint density at radius 3 is 1.97 bits per heavy atom. The summed E-state index contributed by atoms with van der Waals surface area (Å²) in [6.07, 6.45) is 6.88. The summed E-state index contributed by atoms with van der Waals surface area (Å²) in [5, 5.41) is 61.1. The maximum Gasteiger partial charge on any atom is 0.123 e. The second kappa shape index (κ2) is 9.35. The molecule has 4 rings (SSSR count). The highest BCUT2D eigenvalue weighted by atomic mass is 16.3. The molecular weight excluding hydrogens is 444 g/mol. The Labute approximate surface area is 203 Å². The molecule has 0 aliphatic heterocycles. The second-order valence-corrected chi connectivity index (χ2v) is 8.47. The minimum Gasteiger partial charge on any atom is -0.509 e. The molecule has 3 aromatic carbocycles. The summed E-state index contributed by atoms with van der Waals surface area (Å²) in [4.78, 5) is 0. The summed E-state index contributed by atoms with van der Waals surface area (Å²) in [5.41, 5.74) is 4.00. The van der Waals surface area contributed by atoms with Crippen LogP contribution in [-0.4, -0.2) is 30.6 Å². The zero-order chi connectivity index (χ0) is 25.3. The number of hydrogen-bond acceptors (Lipinski definition) is 6. The van der Waals surface area contributed by atoms with Crippen LogP contribution in [0.15, 0.2) is 96.8 Å². The third kappa shape index (κ3) is 4.73. The number of hydrogen-bond donors (Lipinski definition) is 6. The minimum absolute atomic E-state index is 0.0976. The van der Waals surface area contributed by atoms with Crippen LogP contribution in [0.2, 0.25) is 0 Å². The molecule has 0 spiro atoms. The van der Waals surface area contributed by atoms with Gasteiger partial charge in [0.15, 0.2) is 0 Å². The quantitative estimate of drug-likeness (QED) is 0.198. The van der Waals surface area contributed by atoms with E-state index >= 15 is 0 Å². The summed E-state index contributed by atoms with van der Waals surface area (Å²) >= 11 is 0. The SMILES string of the molecule is C=C(O)\C=C/C(=C\C)/C=C1/c2cc(O)cc(O)c2[C@H](c2cc(O)cc(O)c2)C1c1ccc(O)cc1. The third-order valence-electron chi connectivity index (χ3n) is 6.09. The van der Waals surface area contributed by atoms with Gasteiger partial charge in [0.2, 0.25) is 0 Å². The Kier molecular flexibility index (Phi) is 6.30. The van der Waals surface area contributed by atoms with Crippen LogP contribution in [0, 0.1) is 0 Å². The molecule has 3 aromatic rings. The highest BCUT2D eigenvalue weighted by Gasteiger charge is 2.41. The molecule has 2 atom stereocenters. The molecule has 1 aliphatic rings. The van der Waals surface area contributed by atoms with Crippen molar-refractivity contribution in [3.8, 4) is 28.7 Å². The van der Waals surface area contributed by atoms with Crippen molar-refractivity contribution >= 4 is 5.57 Å². The molecule has 0 fully saturated rings. The van der Waals surface area contributed by atoms with Gasteiger partial charge in [-0.1, -0.05) is 36.9 Å². The van der Waals surface area contributed by atoms with Gasteiger partial charge in [-0.15, -0.1) is 0 Å². The topological polar surface area (TPSA) is 121 Å². The number of phenolic OH excluding ortho intramolecular Hbond substituents is 5. The van der Waals surface area contributed by atoms with E-state index in [1.807, 2.05) is 19.1 Å². The van der Waals surface area contributed by atoms with E-state index in [-0.39, 0.29) is 34.5 Å². The number of benzene rings is 3. The predicted octanol–water partition coefficient (Wildman–Crippen LogP) is 6.10. The Morgan fingerprint density at radius 2 is 1.37 bits per heavy atom. The molecule has 6 heteroatoms. The van der Waals surface area contributed by atoms with Crippen molar-refractivity contribution in [3.05, 3.63) is 119 Å². The molecule has 178 valence electrons. The number of fused-ring (bicyclic) bond motifs is 1. The maximum absolute atomic E-state index is 11.0. The Balaban J connectivity index is 2.04. The van der Waals surface area contributed by atoms with Gasteiger partial charge in [0.1, 0.15) is 34.5 Å². The van der Waals surface area contributed by atoms with Crippen molar-refractivity contribution in [2.45, 2.75) is 18.8 Å². The lowest BCUT2D eigenvalue weighted by Gasteiger charge is -2.24. The number of allylic oxidation sites excluding steroid dienone is 6. The first-order valence-electron chi connectivity index (χ1n) is 11.0. The van der Waals surface area contributed by atoms with Crippen LogP contribution < -0.4 is 0 Å². The smallest absolute Gasteiger partial charge is 0.123 e. The van der Waals surface area contributed by atoms with E-state index < -0.39 is 11.8 Å². The van der Waals surface area contributed by atoms with Crippen LogP contribution >= 0.6 is 0 Å². The van der Waals surface area contributed by atoms with Crippen molar-refractivity contribution in [3.63, 3.8) is 0 Å². The van der Waals surface area contributed by atoms with Crippen LogP contribution in [0.1, 0.15) is 41.0 Å². The summed E-state index contributed by atoms with van der Waals surface area (Å²) < 4.78 is 0. The van der Waals surface area contributed by atoms with E-state index in [1.54, 1.807) is 36.4 Å². The molecule has 0 saturated carbocycles. The Bertz CT molecular complexity index is 1360. The average Bonchev–Trinajstić information content (AvgIpc) is 3.10. The van der Waals surface area contributed by atoms with Gasteiger partial charge in [-0.05, 0) is 71.2 Å². The minimum atomic E-state index is -0.533. The van der Waals surface area contributed by atoms with Crippen LogP contribution in [-0.2, 0) is 0 Å². The third-order valence-corrected chi connectivity index (χ3v) is 6.09. The summed E-state index contributed by atoms with van der Waals surface area (Å²) in [5.74, 6) is -1.44. The first-order chi connectivity index (χ1) is 16.7. The van der Waals surface area contributed by atoms with Gasteiger partial charge in [-0.3, -0.25) is 0 Å². The lowest BCUT2D eigenvalue weighted by molar-refractivity contribution is 0.435. The second-order valence-electron chi connectivity index (χ2n) is 8.47. The summed E-state index contributed by atoms with van der Waals surface area (Å²) in [6.45, 7) is 5.32. The van der Waals surface area contributed by atoms with Crippen LogP contribution in [0.4, 0.5) is 0 Å². The zero-order valence-electron chi connectivity index (χ0n) is 19.1. The lowest BCUT2D eigenvalue weighted by atomic mass is 9.79. The van der Waals surface area contributed by atoms with Gasteiger partial charge in [0.25, 0.3) is 0 Å². The Hall–Kier alpha value is -4.58. The predicted molar refractivity (Wildman–Crippen MR) is 135 cm³/mol. The van der Waals surface area contributed by atoms with Crippen LogP contribution in [0.3, 0.4) is 0 Å². The number of aliphatic hydroxyl groups excluding tert-OH is 1. The fourth-order valence-corrected chi connectivity index (χ4v) is 4.68. The Morgan fingerprint density at radius 1 is 0.743 bits per heavy atom. The van der Waals surface area contributed by atoms with Crippen LogP contribution in [0.25, 0.3) is 5.57 Å². The highest BCUT2D eigenvalue weighted by molar-refractivity contribution is 5.86. The van der Waals surface area contributed by atoms with E-state index in [2.05, 4.69) is 6.58 Å². The van der Waals surface area contributed by atoms with Crippen molar-refractivity contribution < 1.29 is 30.6 Å². The normalized spacial score (nSPS) is 18.8. The average molecular weight is 471 g/mol. The monoisotopic (exact) mass is 470 g/mol. The van der Waals surface area contributed by atoms with Gasteiger partial charge in [0.05, 0.1) is 0 Å². The fourth-order valence-electron chi connectivity index (χ4n) is 4.68. The van der Waals surface area contributed by atoms with Crippen molar-refractivity contribution in [1.82, 2.24) is 0 Å². The molecular formula is C29H26O6. The fraction of sp³-hybridized carbons (Fsp3) is 0.103. The number of aliphatic hydroxyl groups is 1. The van der Waals surface area contributed by atoms with Crippen molar-refractivity contribution in [2.75, 3.05) is 0 Å². The van der Waals surface area contributed by atoms with Gasteiger partial charge in [-0.2, -0.15) is 0 Å². The van der Waals surface area contributed by atoms with Gasteiger partial charge in [-0.25, -0.2) is 0 Å². The molecule has 0 bridgehead atoms. The van der Waals surface area contributed by atoms with Gasteiger partial charge >= 0.3 is 0 Å². The first-order valence-corrected chi connectivity index (χ1v) is 11.0. The molecule has 0 radical (unpaired) electrons. The lowest BCUT2D eigenvalue weighted by Crippen LogP contribution is -2.08. The molecule has 0 amide bonds. The standard InChI is InChI=1S/C29H26O6/c1-3-17(5-4-16(2)30)10-24-25-14-23(34)15-26(35)29(25)28(19-11-21(32)13-22(33)12-19)27(24)18-6-8-20(31)9-7-18/h3-15,27-28,30-35H,2H2,1H3/b5-4-,17-3+,24-10-/t27?,28-/m1/s1. The van der Waals surface area contributed by atoms with Crippen molar-refractivity contribution in [2.24, 2.45) is 0 Å². The molecule has 0 heterocycles. The van der Waals surface area contributed by atoms with Crippen LogP contribution in [0.5, 0.6) is 28.7 Å². The first kappa shape index (κ1) is 23.6. The van der Waals surface area contributed by atoms with E-state index in [0.29, 0.717) is 16.7 Å². The van der Waals surface area contributed by atoms with Gasteiger partial charge < -0.3 is 30.6 Å². The number of rotatable bonds is 5. The summed E-state index contributed by atoms with van der Waals surface area (Å²) in [7, 11) is 0. The largest absolute Gasteiger partial charge is 0.509 e. The molecule has 35 heavy (non-hydrogen) atoms. The summed E-state index contributed by atoms with van der Waals surface area (Å²) in [6, 6.07) is 13.8. The maximum atomic E-state index is 11.0. The molecule has 6 nitrogen and oxygen atoms in total. The molecule has 0 aromatic heterocycles. The number of phenols is 5. The number of aromatic hydroxyl groups is 5. The van der Waals surface area contributed by atoms with E-state index in [0.717, 1.165) is 16.7 Å². The zero-order valence-corrected chi connectivity index (χ0v) is 19.1. The molecule has 0 saturated heterocycles. The molecule has 6 N–H and O–H groups in total. The van der Waals surface area contributed by atoms with Crippen molar-refractivity contribution in [1.29, 1.82) is 0 Å². The highest BCUT2D eigenvalue weighted by Crippen LogP contribution is 2.58.